The van der Waals surface area contributed by atoms with E-state index in [2.05, 4.69) is 17.3 Å². The molecule has 0 unspecified atom stereocenters. The topological polar surface area (TPSA) is 73.2 Å². The van der Waals surface area contributed by atoms with Gasteiger partial charge >= 0.3 is 5.97 Å². The van der Waals surface area contributed by atoms with Crippen molar-refractivity contribution in [1.82, 2.24) is 15.1 Å². The molecule has 1 aliphatic rings. The van der Waals surface area contributed by atoms with E-state index in [1.807, 2.05) is 19.9 Å². The number of carbonyl (C=O) groups is 2. The average Bonchev–Trinajstić information content (AvgIpc) is 2.77. The van der Waals surface area contributed by atoms with Crippen molar-refractivity contribution >= 4 is 11.9 Å². The first-order chi connectivity index (χ1) is 10.5. The second-order valence-corrected chi connectivity index (χ2v) is 6.18. The maximum atomic E-state index is 11.9. The Morgan fingerprint density at radius 1 is 1.36 bits per heavy atom. The molecule has 0 radical (unpaired) electrons. The molecule has 22 heavy (non-hydrogen) atoms. The predicted octanol–water partition coefficient (Wildman–Crippen LogP) is 1.74. The van der Waals surface area contributed by atoms with Gasteiger partial charge in [-0.05, 0) is 38.7 Å². The van der Waals surface area contributed by atoms with Gasteiger partial charge in [0.2, 0.25) is 0 Å². The zero-order valence-corrected chi connectivity index (χ0v) is 13.6. The quantitative estimate of drug-likeness (QED) is 0.841. The van der Waals surface area contributed by atoms with E-state index in [4.69, 9.17) is 4.74 Å². The van der Waals surface area contributed by atoms with Crippen molar-refractivity contribution in [1.29, 1.82) is 0 Å². The standard InChI is InChI=1S/C16H25N3O3/c1-11-6-4-5-7-14(11)17-15(20)10-22-16(21)9-19-13(3)8-12(2)18-19/h8,11,14H,4-7,9-10H2,1-3H3,(H,17,20)/t11-,14+/m0/s1. The number of aromatic nitrogens is 2. The molecule has 2 rings (SSSR count). The molecule has 1 aliphatic carbocycles. The number of hydrogen-bond donors (Lipinski definition) is 1. The lowest BCUT2D eigenvalue weighted by molar-refractivity contribution is -0.149. The SMILES string of the molecule is Cc1cc(C)n(CC(=O)OCC(=O)N[C@@H]2CCCC[C@@H]2C)n1. The molecular formula is C16H25N3O3. The molecule has 1 heterocycles. The summed E-state index contributed by atoms with van der Waals surface area (Å²) in [6, 6.07) is 2.10. The van der Waals surface area contributed by atoms with Crippen molar-refractivity contribution < 1.29 is 14.3 Å². The number of hydrogen-bond acceptors (Lipinski definition) is 4. The molecule has 0 bridgehead atoms. The number of nitrogens with zero attached hydrogens (tertiary/aromatic N) is 2. The lowest BCUT2D eigenvalue weighted by atomic mass is 9.86. The van der Waals surface area contributed by atoms with Gasteiger partial charge in [0.15, 0.2) is 6.61 Å². The van der Waals surface area contributed by atoms with Crippen molar-refractivity contribution in [3.63, 3.8) is 0 Å². The summed E-state index contributed by atoms with van der Waals surface area (Å²) in [6.07, 6.45) is 4.52. The van der Waals surface area contributed by atoms with E-state index in [-0.39, 0.29) is 25.1 Å². The maximum absolute atomic E-state index is 11.9. The van der Waals surface area contributed by atoms with Crippen molar-refractivity contribution in [3.8, 4) is 0 Å². The fourth-order valence-electron chi connectivity index (χ4n) is 2.93. The monoisotopic (exact) mass is 307 g/mol. The highest BCUT2D eigenvalue weighted by Gasteiger charge is 2.23. The Labute approximate surface area is 131 Å². The van der Waals surface area contributed by atoms with Crippen LogP contribution in [0.1, 0.15) is 44.0 Å². The van der Waals surface area contributed by atoms with Crippen LogP contribution < -0.4 is 5.32 Å². The normalized spacial score (nSPS) is 21.4. The Kier molecular flexibility index (Phi) is 5.57. The number of esters is 1. The van der Waals surface area contributed by atoms with Crippen molar-refractivity contribution in [3.05, 3.63) is 17.5 Å². The Balaban J connectivity index is 1.73. The molecule has 1 aromatic rings. The minimum atomic E-state index is -0.446. The van der Waals surface area contributed by atoms with Gasteiger partial charge in [-0.25, -0.2) is 0 Å². The second-order valence-electron chi connectivity index (χ2n) is 6.18. The van der Waals surface area contributed by atoms with Crippen LogP contribution in [0, 0.1) is 19.8 Å². The minimum absolute atomic E-state index is 0.0345. The zero-order valence-electron chi connectivity index (χ0n) is 13.6. The Morgan fingerprint density at radius 3 is 2.73 bits per heavy atom. The van der Waals surface area contributed by atoms with Gasteiger partial charge in [0, 0.05) is 11.7 Å². The molecule has 1 amide bonds. The third-order valence-corrected chi connectivity index (χ3v) is 4.20. The highest BCUT2D eigenvalue weighted by molar-refractivity contribution is 5.80. The van der Waals surface area contributed by atoms with Crippen LogP contribution in [0.5, 0.6) is 0 Å². The first-order valence-corrected chi connectivity index (χ1v) is 7.91. The number of rotatable bonds is 5. The molecular weight excluding hydrogens is 282 g/mol. The predicted molar refractivity (Wildman–Crippen MR) is 82.2 cm³/mol. The summed E-state index contributed by atoms with van der Waals surface area (Å²) in [6.45, 7) is 5.71. The summed E-state index contributed by atoms with van der Waals surface area (Å²) in [7, 11) is 0. The summed E-state index contributed by atoms with van der Waals surface area (Å²) in [5, 5.41) is 7.16. The number of amides is 1. The molecule has 1 saturated carbocycles. The molecule has 1 fully saturated rings. The van der Waals surface area contributed by atoms with E-state index in [0.29, 0.717) is 5.92 Å². The van der Waals surface area contributed by atoms with Crippen LogP contribution in [0.2, 0.25) is 0 Å². The van der Waals surface area contributed by atoms with E-state index < -0.39 is 5.97 Å². The van der Waals surface area contributed by atoms with Crippen molar-refractivity contribution in [2.45, 2.75) is 59.0 Å². The number of carbonyl (C=O) groups excluding carboxylic acids is 2. The maximum Gasteiger partial charge on any atom is 0.328 e. The molecule has 6 heteroatoms. The van der Waals surface area contributed by atoms with Gasteiger partial charge < -0.3 is 10.1 Å². The number of aryl methyl sites for hydroxylation is 2. The van der Waals surface area contributed by atoms with Gasteiger partial charge in [0.25, 0.3) is 5.91 Å². The molecule has 0 aromatic carbocycles. The van der Waals surface area contributed by atoms with E-state index >= 15 is 0 Å². The molecule has 0 aliphatic heterocycles. The van der Waals surface area contributed by atoms with E-state index in [1.54, 1.807) is 4.68 Å². The van der Waals surface area contributed by atoms with E-state index in [1.165, 1.54) is 6.42 Å². The third-order valence-electron chi connectivity index (χ3n) is 4.20. The van der Waals surface area contributed by atoms with Crippen LogP contribution >= 0.6 is 0 Å². The molecule has 122 valence electrons. The summed E-state index contributed by atoms with van der Waals surface area (Å²) in [5.74, 6) is -0.179. The van der Waals surface area contributed by atoms with Crippen LogP contribution in [0.15, 0.2) is 6.07 Å². The summed E-state index contributed by atoms with van der Waals surface area (Å²) < 4.78 is 6.62. The molecule has 1 aromatic heterocycles. The van der Waals surface area contributed by atoms with E-state index in [9.17, 15) is 9.59 Å². The largest absolute Gasteiger partial charge is 0.454 e. The Bertz CT molecular complexity index is 539. The zero-order chi connectivity index (χ0) is 16.1. The van der Waals surface area contributed by atoms with Crippen LogP contribution in [0.3, 0.4) is 0 Å². The van der Waals surface area contributed by atoms with Crippen molar-refractivity contribution in [2.24, 2.45) is 5.92 Å². The van der Waals surface area contributed by atoms with Crippen LogP contribution in [0.25, 0.3) is 0 Å². The Morgan fingerprint density at radius 2 is 2.09 bits per heavy atom. The van der Waals surface area contributed by atoms with E-state index in [0.717, 1.165) is 30.7 Å². The van der Waals surface area contributed by atoms with Gasteiger partial charge in [-0.2, -0.15) is 5.10 Å². The first-order valence-electron chi connectivity index (χ1n) is 7.91. The summed E-state index contributed by atoms with van der Waals surface area (Å²) >= 11 is 0. The second kappa shape index (κ2) is 7.42. The van der Waals surface area contributed by atoms with Crippen LogP contribution in [0.4, 0.5) is 0 Å². The van der Waals surface area contributed by atoms with Gasteiger partial charge in [0.1, 0.15) is 6.54 Å². The molecule has 0 spiro atoms. The molecule has 6 nitrogen and oxygen atoms in total. The van der Waals surface area contributed by atoms with Gasteiger partial charge in [-0.15, -0.1) is 0 Å². The number of nitrogens with one attached hydrogen (secondary N) is 1. The fourth-order valence-corrected chi connectivity index (χ4v) is 2.93. The first kappa shape index (κ1) is 16.5. The smallest absolute Gasteiger partial charge is 0.328 e. The van der Waals surface area contributed by atoms with Gasteiger partial charge in [-0.1, -0.05) is 19.8 Å². The Hall–Kier alpha value is -1.85. The van der Waals surface area contributed by atoms with Crippen LogP contribution in [-0.2, 0) is 20.9 Å². The van der Waals surface area contributed by atoms with Gasteiger partial charge in [-0.3, -0.25) is 14.3 Å². The van der Waals surface area contributed by atoms with Crippen LogP contribution in [-0.4, -0.2) is 34.3 Å². The lowest BCUT2D eigenvalue weighted by Crippen LogP contribution is -2.43. The highest BCUT2D eigenvalue weighted by atomic mass is 16.5. The van der Waals surface area contributed by atoms with Gasteiger partial charge in [0.05, 0.1) is 5.69 Å². The fraction of sp³-hybridized carbons (Fsp3) is 0.688. The number of ether oxygens (including phenoxy) is 1. The third kappa shape index (κ3) is 4.58. The summed E-state index contributed by atoms with van der Waals surface area (Å²) in [4.78, 5) is 23.6. The average molecular weight is 307 g/mol. The summed E-state index contributed by atoms with van der Waals surface area (Å²) in [5.41, 5.74) is 1.75. The molecule has 2 atom stereocenters. The minimum Gasteiger partial charge on any atom is -0.454 e. The highest BCUT2D eigenvalue weighted by Crippen LogP contribution is 2.23. The molecule has 0 saturated heterocycles. The van der Waals surface area contributed by atoms with Crippen molar-refractivity contribution in [2.75, 3.05) is 6.61 Å². The lowest BCUT2D eigenvalue weighted by Gasteiger charge is -2.29. The molecule has 1 N–H and O–H groups in total.